The summed E-state index contributed by atoms with van der Waals surface area (Å²) in [6.07, 6.45) is 2.64. The van der Waals surface area contributed by atoms with E-state index in [2.05, 4.69) is 59.5 Å². The monoisotopic (exact) mass is 322 g/mol. The third kappa shape index (κ3) is 3.63. The van der Waals surface area contributed by atoms with Crippen LogP contribution in [0.1, 0.15) is 29.9 Å². The molecular formula is C21H26N2O. The van der Waals surface area contributed by atoms with E-state index in [0.29, 0.717) is 5.92 Å². The molecule has 0 radical (unpaired) electrons. The van der Waals surface area contributed by atoms with Gasteiger partial charge in [0.2, 0.25) is 0 Å². The molecule has 0 amide bonds. The number of likely N-dealkylation sites (tertiary alicyclic amines) is 1. The second-order valence-electron chi connectivity index (χ2n) is 7.24. The van der Waals surface area contributed by atoms with Crippen molar-refractivity contribution >= 4 is 0 Å². The zero-order valence-electron chi connectivity index (χ0n) is 14.1. The van der Waals surface area contributed by atoms with E-state index in [1.807, 2.05) is 0 Å². The lowest BCUT2D eigenvalue weighted by Gasteiger charge is -2.18. The summed E-state index contributed by atoms with van der Waals surface area (Å²) in [4.78, 5) is 2.46. The Labute approximate surface area is 144 Å². The van der Waals surface area contributed by atoms with Crippen LogP contribution in [0.2, 0.25) is 0 Å². The van der Waals surface area contributed by atoms with Gasteiger partial charge >= 0.3 is 0 Å². The summed E-state index contributed by atoms with van der Waals surface area (Å²) in [5.41, 5.74) is 9.06. The van der Waals surface area contributed by atoms with Gasteiger partial charge in [0.1, 0.15) is 5.75 Å². The molecule has 4 rings (SSSR count). The van der Waals surface area contributed by atoms with Crippen LogP contribution in [0, 0.1) is 5.92 Å². The summed E-state index contributed by atoms with van der Waals surface area (Å²) in [5.74, 6) is 2.24. The molecule has 1 aliphatic carbocycles. The minimum atomic E-state index is 0.201. The molecular weight excluding hydrogens is 296 g/mol. The summed E-state index contributed by atoms with van der Waals surface area (Å²) in [6, 6.07) is 19.3. The number of rotatable bonds is 6. The van der Waals surface area contributed by atoms with Gasteiger partial charge in [-0.05, 0) is 30.4 Å². The second-order valence-corrected chi connectivity index (χ2v) is 7.24. The van der Waals surface area contributed by atoms with Crippen LogP contribution < -0.4 is 10.5 Å². The van der Waals surface area contributed by atoms with Gasteiger partial charge in [-0.3, -0.25) is 4.90 Å². The number of nitrogens with two attached hydrogens (primary N) is 1. The molecule has 2 N–H and O–H groups in total. The van der Waals surface area contributed by atoms with Gasteiger partial charge in [-0.2, -0.15) is 0 Å². The molecule has 0 bridgehead atoms. The molecule has 1 saturated heterocycles. The van der Waals surface area contributed by atoms with Gasteiger partial charge in [0.15, 0.2) is 0 Å². The fraction of sp³-hybridized carbons (Fsp3) is 0.429. The maximum absolute atomic E-state index is 6.43. The molecule has 2 aromatic carbocycles. The van der Waals surface area contributed by atoms with Gasteiger partial charge < -0.3 is 10.5 Å². The summed E-state index contributed by atoms with van der Waals surface area (Å²) in [6.45, 7) is 3.74. The maximum Gasteiger partial charge on any atom is 0.123 e. The molecule has 24 heavy (non-hydrogen) atoms. The summed E-state index contributed by atoms with van der Waals surface area (Å²) in [7, 11) is 0. The Balaban J connectivity index is 1.42. The molecule has 2 aliphatic rings. The van der Waals surface area contributed by atoms with Crippen molar-refractivity contribution in [1.82, 2.24) is 4.90 Å². The Bertz CT molecular complexity index is 669. The average Bonchev–Trinajstić information content (AvgIpc) is 3.37. The lowest BCUT2D eigenvalue weighted by molar-refractivity contribution is 0.280. The van der Waals surface area contributed by atoms with Gasteiger partial charge in [0.25, 0.3) is 0 Å². The Kier molecular flexibility index (Phi) is 4.54. The van der Waals surface area contributed by atoms with Crippen molar-refractivity contribution in [3.05, 3.63) is 65.7 Å². The Morgan fingerprint density at radius 3 is 2.50 bits per heavy atom. The molecule has 1 saturated carbocycles. The first-order valence-corrected chi connectivity index (χ1v) is 9.03. The fourth-order valence-electron chi connectivity index (χ4n) is 3.60. The maximum atomic E-state index is 6.43. The number of benzene rings is 2. The van der Waals surface area contributed by atoms with E-state index in [4.69, 9.17) is 10.5 Å². The summed E-state index contributed by atoms with van der Waals surface area (Å²) >= 11 is 0. The molecule has 0 spiro atoms. The first kappa shape index (κ1) is 15.7. The van der Waals surface area contributed by atoms with Crippen molar-refractivity contribution in [2.24, 2.45) is 11.7 Å². The number of ether oxygens (including phenoxy) is 1. The molecule has 0 unspecified atom stereocenters. The molecule has 2 aromatic rings. The highest BCUT2D eigenvalue weighted by Crippen LogP contribution is 2.32. The average molecular weight is 322 g/mol. The van der Waals surface area contributed by atoms with Crippen molar-refractivity contribution in [3.63, 3.8) is 0 Å². The van der Waals surface area contributed by atoms with Gasteiger partial charge in [0.05, 0.1) is 6.61 Å². The zero-order chi connectivity index (χ0) is 16.4. The number of hydrogen-bond donors (Lipinski definition) is 1. The van der Waals surface area contributed by atoms with Gasteiger partial charge in [-0.15, -0.1) is 0 Å². The lowest BCUT2D eigenvalue weighted by atomic mass is 9.95. The smallest absolute Gasteiger partial charge is 0.123 e. The highest BCUT2D eigenvalue weighted by Gasteiger charge is 2.31. The summed E-state index contributed by atoms with van der Waals surface area (Å²) in [5, 5.41) is 0. The van der Waals surface area contributed by atoms with Crippen LogP contribution in [-0.4, -0.2) is 30.6 Å². The minimum absolute atomic E-state index is 0.201. The largest absolute Gasteiger partial charge is 0.493 e. The van der Waals surface area contributed by atoms with E-state index in [-0.39, 0.29) is 6.04 Å². The van der Waals surface area contributed by atoms with Crippen LogP contribution in [0.5, 0.6) is 5.75 Å². The zero-order valence-corrected chi connectivity index (χ0v) is 14.1. The predicted molar refractivity (Wildman–Crippen MR) is 97.1 cm³/mol. The third-order valence-electron chi connectivity index (χ3n) is 5.21. The SMILES string of the molecule is N[C@@H]1CN(Cc2ccccc2OCC2CC2)C[C@H]1c1ccccc1. The minimum Gasteiger partial charge on any atom is -0.493 e. The lowest BCUT2D eigenvalue weighted by Crippen LogP contribution is -2.28. The van der Waals surface area contributed by atoms with Crippen molar-refractivity contribution in [1.29, 1.82) is 0 Å². The molecule has 126 valence electrons. The second kappa shape index (κ2) is 6.96. The normalized spacial score (nSPS) is 24.2. The Hall–Kier alpha value is -1.84. The van der Waals surface area contributed by atoms with E-state index in [0.717, 1.165) is 37.9 Å². The van der Waals surface area contributed by atoms with Crippen LogP contribution in [0.4, 0.5) is 0 Å². The highest BCUT2D eigenvalue weighted by molar-refractivity contribution is 5.34. The van der Waals surface area contributed by atoms with Gasteiger partial charge in [-0.1, -0.05) is 48.5 Å². The molecule has 0 aromatic heterocycles. The highest BCUT2D eigenvalue weighted by atomic mass is 16.5. The van der Waals surface area contributed by atoms with Crippen LogP contribution in [0.15, 0.2) is 54.6 Å². The quantitative estimate of drug-likeness (QED) is 0.886. The van der Waals surface area contributed by atoms with Crippen molar-refractivity contribution in [2.75, 3.05) is 19.7 Å². The standard InChI is InChI=1S/C21H26N2O/c22-20-14-23(13-19(20)17-6-2-1-3-7-17)12-18-8-4-5-9-21(18)24-15-16-10-11-16/h1-9,16,19-20H,10-15,22H2/t19-,20+/m0/s1. The third-order valence-corrected chi connectivity index (χ3v) is 5.21. The van der Waals surface area contributed by atoms with E-state index >= 15 is 0 Å². The van der Waals surface area contributed by atoms with Crippen LogP contribution in [-0.2, 0) is 6.54 Å². The van der Waals surface area contributed by atoms with E-state index in [9.17, 15) is 0 Å². The molecule has 2 atom stereocenters. The first-order valence-electron chi connectivity index (χ1n) is 9.03. The Morgan fingerprint density at radius 2 is 1.71 bits per heavy atom. The fourth-order valence-corrected chi connectivity index (χ4v) is 3.60. The van der Waals surface area contributed by atoms with E-state index < -0.39 is 0 Å². The number of hydrogen-bond acceptors (Lipinski definition) is 3. The number of para-hydroxylation sites is 1. The van der Waals surface area contributed by atoms with Crippen LogP contribution in [0.25, 0.3) is 0 Å². The van der Waals surface area contributed by atoms with Crippen LogP contribution in [0.3, 0.4) is 0 Å². The molecule has 1 heterocycles. The van der Waals surface area contributed by atoms with Crippen molar-refractivity contribution in [3.8, 4) is 5.75 Å². The molecule has 2 fully saturated rings. The number of nitrogens with zero attached hydrogens (tertiary/aromatic N) is 1. The van der Waals surface area contributed by atoms with Gasteiger partial charge in [-0.25, -0.2) is 0 Å². The van der Waals surface area contributed by atoms with Gasteiger partial charge in [0, 0.05) is 37.2 Å². The van der Waals surface area contributed by atoms with Crippen LogP contribution >= 0.6 is 0 Å². The summed E-state index contributed by atoms with van der Waals surface area (Å²) < 4.78 is 6.05. The van der Waals surface area contributed by atoms with E-state index in [1.165, 1.54) is 24.0 Å². The first-order chi connectivity index (χ1) is 11.8. The van der Waals surface area contributed by atoms with E-state index in [1.54, 1.807) is 0 Å². The topological polar surface area (TPSA) is 38.5 Å². The Morgan fingerprint density at radius 1 is 0.958 bits per heavy atom. The van der Waals surface area contributed by atoms with Crippen molar-refractivity contribution < 1.29 is 4.74 Å². The molecule has 1 aliphatic heterocycles. The molecule has 3 nitrogen and oxygen atoms in total. The van der Waals surface area contributed by atoms with Crippen molar-refractivity contribution in [2.45, 2.75) is 31.3 Å². The predicted octanol–water partition coefficient (Wildman–Crippen LogP) is 3.40. The molecule has 3 heteroatoms.